The van der Waals surface area contributed by atoms with Gasteiger partial charge >= 0.3 is 0 Å². The zero-order chi connectivity index (χ0) is 11.7. The van der Waals surface area contributed by atoms with Crippen molar-refractivity contribution < 1.29 is 4.79 Å². The summed E-state index contributed by atoms with van der Waals surface area (Å²) in [5, 5.41) is 0. The monoisotopic (exact) mass is 321 g/mol. The van der Waals surface area contributed by atoms with Crippen LogP contribution in [0.1, 0.15) is 22.5 Å². The summed E-state index contributed by atoms with van der Waals surface area (Å²) in [4.78, 5) is 15.2. The van der Waals surface area contributed by atoms with Crippen LogP contribution in [0.4, 0.5) is 0 Å². The highest BCUT2D eigenvalue weighted by Crippen LogP contribution is 2.34. The van der Waals surface area contributed by atoms with Crippen molar-refractivity contribution in [2.75, 3.05) is 13.6 Å². The van der Waals surface area contributed by atoms with Crippen LogP contribution in [-0.4, -0.2) is 29.2 Å². The molecule has 1 aromatic heterocycles. The topological polar surface area (TPSA) is 20.3 Å². The van der Waals surface area contributed by atoms with E-state index in [-0.39, 0.29) is 5.91 Å². The van der Waals surface area contributed by atoms with Crippen molar-refractivity contribution in [1.29, 1.82) is 0 Å². The van der Waals surface area contributed by atoms with Gasteiger partial charge < -0.3 is 4.90 Å². The van der Waals surface area contributed by atoms with E-state index in [9.17, 15) is 4.79 Å². The molecule has 0 atom stereocenters. The van der Waals surface area contributed by atoms with Crippen LogP contribution >= 0.6 is 38.9 Å². The summed E-state index contributed by atoms with van der Waals surface area (Å²) in [5.74, 6) is 0.726. The molecule has 1 saturated carbocycles. The Balaban J connectivity index is 1.89. The number of nitrogens with zero attached hydrogens (tertiary/aromatic N) is 1. The molecule has 0 unspecified atom stereocenters. The molecule has 0 bridgehead atoms. The number of thiophene rings is 1. The minimum atomic E-state index is 0.0786. The standard InChI is InChI=1S/C11H13BrClNOS/c1-14(6-7-4-8(12)5-7)11(15)9-2-3-10(13)16-9/h2-3,7-8H,4-6H2,1H3. The van der Waals surface area contributed by atoms with Gasteiger partial charge in [0.05, 0.1) is 9.21 Å². The van der Waals surface area contributed by atoms with E-state index in [0.717, 1.165) is 11.4 Å². The molecule has 0 saturated heterocycles. The predicted molar refractivity (Wildman–Crippen MR) is 71.7 cm³/mol. The minimum Gasteiger partial charge on any atom is -0.341 e. The van der Waals surface area contributed by atoms with E-state index in [2.05, 4.69) is 15.9 Å². The van der Waals surface area contributed by atoms with Gasteiger partial charge in [-0.3, -0.25) is 4.79 Å². The van der Waals surface area contributed by atoms with E-state index in [1.54, 1.807) is 17.0 Å². The maximum Gasteiger partial charge on any atom is 0.263 e. The maximum atomic E-state index is 12.0. The van der Waals surface area contributed by atoms with Crippen molar-refractivity contribution in [2.45, 2.75) is 17.7 Å². The predicted octanol–water partition coefficient (Wildman–Crippen LogP) is 3.65. The SMILES string of the molecule is CN(CC1CC(Br)C1)C(=O)c1ccc(Cl)s1. The summed E-state index contributed by atoms with van der Waals surface area (Å²) < 4.78 is 0.668. The first kappa shape index (κ1) is 12.4. The molecule has 1 amide bonds. The van der Waals surface area contributed by atoms with E-state index in [4.69, 9.17) is 11.6 Å². The van der Waals surface area contributed by atoms with E-state index in [1.807, 2.05) is 7.05 Å². The Morgan fingerprint density at radius 2 is 2.31 bits per heavy atom. The van der Waals surface area contributed by atoms with Crippen molar-refractivity contribution in [3.63, 3.8) is 0 Å². The number of carbonyl (C=O) groups is 1. The van der Waals surface area contributed by atoms with Gasteiger partial charge in [0.15, 0.2) is 0 Å². The Morgan fingerprint density at radius 1 is 1.62 bits per heavy atom. The molecule has 0 radical (unpaired) electrons. The van der Waals surface area contributed by atoms with Gasteiger partial charge in [-0.1, -0.05) is 27.5 Å². The second-order valence-corrected chi connectivity index (χ2v) is 7.23. The summed E-state index contributed by atoms with van der Waals surface area (Å²) in [7, 11) is 1.86. The minimum absolute atomic E-state index is 0.0786. The van der Waals surface area contributed by atoms with Gasteiger partial charge in [0, 0.05) is 18.4 Å². The lowest BCUT2D eigenvalue weighted by Crippen LogP contribution is -2.37. The highest BCUT2D eigenvalue weighted by molar-refractivity contribution is 9.09. The summed E-state index contributed by atoms with van der Waals surface area (Å²) in [5.41, 5.74) is 0. The quantitative estimate of drug-likeness (QED) is 0.778. The van der Waals surface area contributed by atoms with Gasteiger partial charge in [-0.25, -0.2) is 0 Å². The molecule has 0 aromatic carbocycles. The zero-order valence-corrected chi connectivity index (χ0v) is 12.1. The summed E-state index contributed by atoms with van der Waals surface area (Å²) in [6, 6.07) is 3.56. The molecule has 2 rings (SSSR count). The van der Waals surface area contributed by atoms with Gasteiger partial charge in [-0.2, -0.15) is 0 Å². The van der Waals surface area contributed by atoms with E-state index in [1.165, 1.54) is 24.2 Å². The summed E-state index contributed by atoms with van der Waals surface area (Å²) >= 11 is 10.7. The lowest BCUT2D eigenvalue weighted by Gasteiger charge is -2.34. The Morgan fingerprint density at radius 3 is 2.81 bits per heavy atom. The fraction of sp³-hybridized carbons (Fsp3) is 0.545. The fourth-order valence-corrected chi connectivity index (χ4v) is 3.99. The zero-order valence-electron chi connectivity index (χ0n) is 8.95. The van der Waals surface area contributed by atoms with E-state index >= 15 is 0 Å². The number of rotatable bonds is 3. The molecule has 16 heavy (non-hydrogen) atoms. The Kier molecular flexibility index (Phi) is 3.93. The summed E-state index contributed by atoms with van der Waals surface area (Å²) in [6.45, 7) is 0.844. The Hall–Kier alpha value is -0.0600. The molecule has 0 N–H and O–H groups in total. The van der Waals surface area contributed by atoms with Crippen LogP contribution in [0.3, 0.4) is 0 Å². The van der Waals surface area contributed by atoms with Crippen molar-refractivity contribution >= 4 is 44.8 Å². The van der Waals surface area contributed by atoms with Gasteiger partial charge in [0.2, 0.25) is 0 Å². The number of alkyl halides is 1. The number of carbonyl (C=O) groups excluding carboxylic acids is 1. The molecule has 1 aliphatic carbocycles. The highest BCUT2D eigenvalue weighted by Gasteiger charge is 2.29. The molecule has 88 valence electrons. The Bertz CT molecular complexity index is 389. The van der Waals surface area contributed by atoms with Gasteiger partial charge in [0.1, 0.15) is 0 Å². The van der Waals surface area contributed by atoms with Gasteiger partial charge in [-0.05, 0) is 30.9 Å². The lowest BCUT2D eigenvalue weighted by atomic mass is 9.85. The number of amides is 1. The van der Waals surface area contributed by atoms with Crippen molar-refractivity contribution in [3.8, 4) is 0 Å². The van der Waals surface area contributed by atoms with Crippen LogP contribution in [0.25, 0.3) is 0 Å². The molecule has 1 heterocycles. The molecule has 1 fully saturated rings. The van der Waals surface area contributed by atoms with Crippen LogP contribution < -0.4 is 0 Å². The fourth-order valence-electron chi connectivity index (χ4n) is 1.89. The number of hydrogen-bond acceptors (Lipinski definition) is 2. The van der Waals surface area contributed by atoms with Crippen LogP contribution in [0, 0.1) is 5.92 Å². The highest BCUT2D eigenvalue weighted by atomic mass is 79.9. The molecule has 1 aliphatic rings. The molecule has 1 aromatic rings. The normalized spacial score (nSPS) is 23.9. The first-order valence-corrected chi connectivity index (χ1v) is 7.32. The average molecular weight is 323 g/mol. The van der Waals surface area contributed by atoms with Crippen molar-refractivity contribution in [2.24, 2.45) is 5.92 Å². The molecular weight excluding hydrogens is 310 g/mol. The average Bonchev–Trinajstić information content (AvgIpc) is 2.61. The Labute approximate surface area is 113 Å². The largest absolute Gasteiger partial charge is 0.341 e. The molecule has 0 aliphatic heterocycles. The van der Waals surface area contributed by atoms with Gasteiger partial charge in [-0.15, -0.1) is 11.3 Å². The van der Waals surface area contributed by atoms with E-state index < -0.39 is 0 Å². The molecule has 5 heteroatoms. The molecule has 0 spiro atoms. The summed E-state index contributed by atoms with van der Waals surface area (Å²) in [6.07, 6.45) is 2.34. The van der Waals surface area contributed by atoms with Crippen LogP contribution in [-0.2, 0) is 0 Å². The maximum absolute atomic E-state index is 12.0. The van der Waals surface area contributed by atoms with Gasteiger partial charge in [0.25, 0.3) is 5.91 Å². The molecule has 2 nitrogen and oxygen atoms in total. The number of halogens is 2. The first-order chi connectivity index (χ1) is 7.56. The van der Waals surface area contributed by atoms with E-state index in [0.29, 0.717) is 15.1 Å². The number of hydrogen-bond donors (Lipinski definition) is 0. The second kappa shape index (κ2) is 5.07. The van der Waals surface area contributed by atoms with Crippen molar-refractivity contribution in [1.82, 2.24) is 4.90 Å². The van der Waals surface area contributed by atoms with Crippen LogP contribution in [0.5, 0.6) is 0 Å². The molecular formula is C11H13BrClNOS. The smallest absolute Gasteiger partial charge is 0.263 e. The third-order valence-electron chi connectivity index (χ3n) is 2.84. The first-order valence-electron chi connectivity index (χ1n) is 5.21. The second-order valence-electron chi connectivity index (χ2n) is 4.22. The third-order valence-corrected chi connectivity index (χ3v) is 4.81. The van der Waals surface area contributed by atoms with Crippen molar-refractivity contribution in [3.05, 3.63) is 21.3 Å². The van der Waals surface area contributed by atoms with Crippen LogP contribution in [0.2, 0.25) is 4.34 Å². The lowest BCUT2D eigenvalue weighted by molar-refractivity contribution is 0.0753. The third kappa shape index (κ3) is 2.79. The van der Waals surface area contributed by atoms with Crippen LogP contribution in [0.15, 0.2) is 12.1 Å².